The van der Waals surface area contributed by atoms with E-state index in [1.165, 1.54) is 16.2 Å². The van der Waals surface area contributed by atoms with Crippen molar-refractivity contribution >= 4 is 45.3 Å². The molecule has 0 aliphatic heterocycles. The van der Waals surface area contributed by atoms with Crippen LogP contribution in [0, 0.1) is 6.92 Å². The van der Waals surface area contributed by atoms with Crippen LogP contribution >= 0.6 is 23.2 Å². The van der Waals surface area contributed by atoms with E-state index in [1.54, 1.807) is 7.05 Å². The number of pyridine rings is 1. The van der Waals surface area contributed by atoms with E-state index in [4.69, 9.17) is 23.2 Å². The maximum absolute atomic E-state index is 12.7. The number of nitrogens with zero attached hydrogens (tertiary/aromatic N) is 5. The van der Waals surface area contributed by atoms with E-state index in [-0.39, 0.29) is 23.0 Å². The molecule has 27 heavy (non-hydrogen) atoms. The van der Waals surface area contributed by atoms with Gasteiger partial charge in [0, 0.05) is 19.5 Å². The van der Waals surface area contributed by atoms with Crippen LogP contribution in [0.5, 0.6) is 0 Å². The minimum absolute atomic E-state index is 0.0898. The minimum atomic E-state index is -0.471. The molecule has 4 aromatic rings. The topological polar surface area (TPSA) is 74.7 Å². The molecule has 0 N–H and O–H groups in total. The number of fused-ring (bicyclic) bond motifs is 2. The number of para-hydroxylation sites is 1. The van der Waals surface area contributed by atoms with Crippen molar-refractivity contribution in [3.05, 3.63) is 66.7 Å². The Morgan fingerprint density at radius 1 is 1.04 bits per heavy atom. The second kappa shape index (κ2) is 6.21. The van der Waals surface area contributed by atoms with Gasteiger partial charge in [0.1, 0.15) is 0 Å². The summed E-state index contributed by atoms with van der Waals surface area (Å²) in [5, 5.41) is 1.56. The molecule has 0 saturated heterocycles. The molecule has 0 radical (unpaired) electrons. The lowest BCUT2D eigenvalue weighted by Gasteiger charge is -2.12. The van der Waals surface area contributed by atoms with Crippen LogP contribution < -0.4 is 11.2 Å². The van der Waals surface area contributed by atoms with Gasteiger partial charge in [0.15, 0.2) is 11.2 Å². The average Bonchev–Trinajstić information content (AvgIpc) is 2.99. The summed E-state index contributed by atoms with van der Waals surface area (Å²) >= 11 is 12.8. The molecule has 7 nitrogen and oxygen atoms in total. The Labute approximate surface area is 163 Å². The van der Waals surface area contributed by atoms with Crippen molar-refractivity contribution in [1.82, 2.24) is 23.7 Å². The molecular weight excluding hydrogens is 389 g/mol. The van der Waals surface area contributed by atoms with E-state index in [1.807, 2.05) is 31.2 Å². The first-order chi connectivity index (χ1) is 12.8. The highest BCUT2D eigenvalue weighted by molar-refractivity contribution is 6.33. The third-order valence-corrected chi connectivity index (χ3v) is 5.55. The summed E-state index contributed by atoms with van der Waals surface area (Å²) in [5.41, 5.74) is 1.79. The lowest BCUT2D eigenvalue weighted by molar-refractivity contribution is 0.701. The molecule has 0 amide bonds. The molecule has 138 valence electrons. The second-order valence-electron chi connectivity index (χ2n) is 6.36. The number of benzene rings is 1. The minimum Gasteiger partial charge on any atom is -0.303 e. The van der Waals surface area contributed by atoms with Gasteiger partial charge in [-0.2, -0.15) is 4.98 Å². The largest absolute Gasteiger partial charge is 0.332 e. The summed E-state index contributed by atoms with van der Waals surface area (Å²) in [7, 11) is 2.96. The molecular formula is C18H15Cl2N5O2. The summed E-state index contributed by atoms with van der Waals surface area (Å²) in [6.45, 7) is 2.08. The number of hydrogen-bond acceptors (Lipinski definition) is 4. The van der Waals surface area contributed by atoms with Crippen LogP contribution in [0.15, 0.2) is 33.9 Å². The molecule has 0 atom stereocenters. The summed E-state index contributed by atoms with van der Waals surface area (Å²) in [5.74, 6) is 0. The SMILES string of the molecule is Cc1c(Cl)c(Cn2c(Cl)nc3c2c(=O)n(C)c(=O)n3C)nc2ccccc12. The van der Waals surface area contributed by atoms with Crippen LogP contribution in [0.2, 0.25) is 10.3 Å². The molecule has 0 unspecified atom stereocenters. The zero-order chi connectivity index (χ0) is 19.5. The van der Waals surface area contributed by atoms with E-state index >= 15 is 0 Å². The fourth-order valence-corrected chi connectivity index (χ4v) is 3.66. The van der Waals surface area contributed by atoms with Gasteiger partial charge in [0.25, 0.3) is 5.56 Å². The Balaban J connectivity index is 1.99. The quantitative estimate of drug-likeness (QED) is 0.482. The lowest BCUT2D eigenvalue weighted by Crippen LogP contribution is -2.37. The van der Waals surface area contributed by atoms with Gasteiger partial charge in [-0.15, -0.1) is 0 Å². The fourth-order valence-electron chi connectivity index (χ4n) is 3.24. The highest BCUT2D eigenvalue weighted by Gasteiger charge is 2.20. The van der Waals surface area contributed by atoms with Crippen LogP contribution in [0.4, 0.5) is 0 Å². The van der Waals surface area contributed by atoms with Crippen LogP contribution in [-0.4, -0.2) is 23.7 Å². The molecule has 0 aliphatic rings. The van der Waals surface area contributed by atoms with Gasteiger partial charge in [-0.25, -0.2) is 9.78 Å². The molecule has 3 heterocycles. The first-order valence-corrected chi connectivity index (χ1v) is 8.92. The van der Waals surface area contributed by atoms with Crippen molar-refractivity contribution in [2.75, 3.05) is 0 Å². The zero-order valence-electron chi connectivity index (χ0n) is 14.8. The Morgan fingerprint density at radius 3 is 2.48 bits per heavy atom. The molecule has 0 aliphatic carbocycles. The van der Waals surface area contributed by atoms with Crippen molar-refractivity contribution in [3.8, 4) is 0 Å². The number of imidazole rings is 1. The van der Waals surface area contributed by atoms with Gasteiger partial charge in [-0.3, -0.25) is 13.9 Å². The van der Waals surface area contributed by atoms with Gasteiger partial charge in [-0.05, 0) is 30.2 Å². The number of aromatic nitrogens is 5. The van der Waals surface area contributed by atoms with Crippen LogP contribution in [-0.2, 0) is 20.6 Å². The van der Waals surface area contributed by atoms with Gasteiger partial charge < -0.3 is 4.57 Å². The maximum Gasteiger partial charge on any atom is 0.332 e. The molecule has 0 saturated carbocycles. The summed E-state index contributed by atoms with van der Waals surface area (Å²) in [6, 6.07) is 7.69. The monoisotopic (exact) mass is 403 g/mol. The van der Waals surface area contributed by atoms with E-state index < -0.39 is 11.2 Å². The third kappa shape index (κ3) is 2.57. The van der Waals surface area contributed by atoms with E-state index in [2.05, 4.69) is 9.97 Å². The number of halogens is 2. The van der Waals surface area contributed by atoms with Gasteiger partial charge in [-0.1, -0.05) is 29.8 Å². The van der Waals surface area contributed by atoms with Crippen LogP contribution in [0.25, 0.3) is 22.1 Å². The highest BCUT2D eigenvalue weighted by Crippen LogP contribution is 2.28. The number of aryl methyl sites for hydroxylation is 2. The first kappa shape index (κ1) is 17.8. The summed E-state index contributed by atoms with van der Waals surface area (Å²) < 4.78 is 3.85. The van der Waals surface area contributed by atoms with Crippen LogP contribution in [0.1, 0.15) is 11.3 Å². The normalized spacial score (nSPS) is 11.6. The Kier molecular flexibility index (Phi) is 4.09. The van der Waals surface area contributed by atoms with Crippen molar-refractivity contribution < 1.29 is 0 Å². The van der Waals surface area contributed by atoms with Gasteiger partial charge in [0.2, 0.25) is 5.28 Å². The van der Waals surface area contributed by atoms with E-state index in [9.17, 15) is 9.59 Å². The molecule has 0 bridgehead atoms. The van der Waals surface area contributed by atoms with E-state index in [0.717, 1.165) is 21.0 Å². The molecule has 0 fully saturated rings. The number of hydrogen-bond donors (Lipinski definition) is 0. The molecule has 0 spiro atoms. The van der Waals surface area contributed by atoms with Crippen molar-refractivity contribution in [2.45, 2.75) is 13.5 Å². The highest BCUT2D eigenvalue weighted by atomic mass is 35.5. The standard InChI is InChI=1S/C18H15Cl2N5O2/c1-9-10-6-4-5-7-11(10)21-12(13(9)19)8-25-14-15(22-17(25)20)23(2)18(27)24(3)16(14)26/h4-7H,8H2,1-3H3. The Hall–Kier alpha value is -2.64. The van der Waals surface area contributed by atoms with Crippen molar-refractivity contribution in [2.24, 2.45) is 14.1 Å². The third-order valence-electron chi connectivity index (χ3n) is 4.76. The first-order valence-electron chi connectivity index (χ1n) is 8.16. The lowest BCUT2D eigenvalue weighted by atomic mass is 10.1. The summed E-state index contributed by atoms with van der Waals surface area (Å²) in [6.07, 6.45) is 0. The molecule has 9 heteroatoms. The Bertz CT molecular complexity index is 1350. The van der Waals surface area contributed by atoms with Crippen molar-refractivity contribution in [3.63, 3.8) is 0 Å². The van der Waals surface area contributed by atoms with Gasteiger partial charge >= 0.3 is 5.69 Å². The van der Waals surface area contributed by atoms with Crippen LogP contribution in [0.3, 0.4) is 0 Å². The predicted molar refractivity (Wildman–Crippen MR) is 106 cm³/mol. The summed E-state index contributed by atoms with van der Waals surface area (Å²) in [4.78, 5) is 33.6. The zero-order valence-corrected chi connectivity index (χ0v) is 16.3. The maximum atomic E-state index is 12.7. The smallest absolute Gasteiger partial charge is 0.303 e. The average molecular weight is 404 g/mol. The fraction of sp³-hybridized carbons (Fsp3) is 0.222. The molecule has 4 rings (SSSR count). The van der Waals surface area contributed by atoms with Crippen molar-refractivity contribution in [1.29, 1.82) is 0 Å². The number of rotatable bonds is 2. The van der Waals surface area contributed by atoms with Gasteiger partial charge in [0.05, 0.1) is 22.8 Å². The van der Waals surface area contributed by atoms with E-state index in [0.29, 0.717) is 10.7 Å². The second-order valence-corrected chi connectivity index (χ2v) is 7.08. The Morgan fingerprint density at radius 2 is 1.74 bits per heavy atom. The molecule has 3 aromatic heterocycles. The molecule has 1 aromatic carbocycles. The predicted octanol–water partition coefficient (Wildman–Crippen LogP) is 2.65.